The minimum absolute atomic E-state index is 0.000186. The maximum atomic E-state index is 13.6. The fourth-order valence-electron chi connectivity index (χ4n) is 4.80. The minimum atomic E-state index is -1.52. The van der Waals surface area contributed by atoms with Crippen molar-refractivity contribution in [3.63, 3.8) is 0 Å². The van der Waals surface area contributed by atoms with Crippen LogP contribution in [0.1, 0.15) is 39.9 Å². The van der Waals surface area contributed by atoms with Gasteiger partial charge in [-0.15, -0.1) is 0 Å². The maximum Gasteiger partial charge on any atom is 0.336 e. The lowest BCUT2D eigenvalue weighted by molar-refractivity contribution is -0.133. The number of aliphatic carboxylic acids is 4. The Bertz CT molecular complexity index is 1450. The molecule has 1 fully saturated rings. The first-order valence-electron chi connectivity index (χ1n) is 11.5. The number of likely N-dealkylation sites (N-methyl/N-ethyl adjacent to an activating group) is 1. The lowest BCUT2D eigenvalue weighted by Crippen LogP contribution is -2.31. The number of carbonyl (C=O) groups is 5. The summed E-state index contributed by atoms with van der Waals surface area (Å²) in [6.45, 7) is 0.968. The van der Waals surface area contributed by atoms with Crippen LogP contribution in [0.3, 0.4) is 0 Å². The molecule has 11 nitrogen and oxygen atoms in total. The lowest BCUT2D eigenvalue weighted by Gasteiger charge is -2.22. The third-order valence-electron chi connectivity index (χ3n) is 6.63. The third kappa shape index (κ3) is 4.91. The molecular formula is C27H23NO10. The highest BCUT2D eigenvalue weighted by molar-refractivity contribution is 6.27. The fourth-order valence-corrected chi connectivity index (χ4v) is 4.80. The van der Waals surface area contributed by atoms with E-state index in [-0.39, 0.29) is 40.7 Å². The Labute approximate surface area is 215 Å². The van der Waals surface area contributed by atoms with Crippen molar-refractivity contribution in [1.29, 1.82) is 0 Å². The first-order valence-corrected chi connectivity index (χ1v) is 11.5. The highest BCUT2D eigenvalue weighted by atomic mass is 16.5. The molecule has 38 heavy (non-hydrogen) atoms. The number of benzene rings is 2. The van der Waals surface area contributed by atoms with Gasteiger partial charge in [-0.05, 0) is 55.3 Å². The quantitative estimate of drug-likeness (QED) is 0.304. The van der Waals surface area contributed by atoms with Crippen LogP contribution in [-0.4, -0.2) is 81.2 Å². The summed E-state index contributed by atoms with van der Waals surface area (Å²) >= 11 is 0. The van der Waals surface area contributed by atoms with Crippen LogP contribution >= 0.6 is 0 Å². The molecule has 2 aromatic rings. The number of fused-ring (bicyclic) bond motifs is 3. The van der Waals surface area contributed by atoms with Crippen molar-refractivity contribution < 1.29 is 49.1 Å². The number of hydrogen-bond acceptors (Lipinski definition) is 7. The van der Waals surface area contributed by atoms with Crippen LogP contribution < -0.4 is 4.74 Å². The average Bonchev–Trinajstić information content (AvgIpc) is 3.39. The van der Waals surface area contributed by atoms with Gasteiger partial charge in [0.2, 0.25) is 0 Å². The molecule has 1 saturated heterocycles. The van der Waals surface area contributed by atoms with Crippen LogP contribution in [0.15, 0.2) is 42.5 Å². The number of ketones is 1. The molecule has 0 amide bonds. The number of nitrogens with zero attached hydrogens (tertiary/aromatic N) is 1. The Balaban J connectivity index is 1.87. The summed E-state index contributed by atoms with van der Waals surface area (Å²) in [7, 11) is 1.91. The molecule has 1 atom stereocenters. The molecule has 0 spiro atoms. The molecule has 0 bridgehead atoms. The van der Waals surface area contributed by atoms with E-state index >= 15 is 0 Å². The van der Waals surface area contributed by atoms with Crippen LogP contribution in [-0.2, 0) is 19.2 Å². The van der Waals surface area contributed by atoms with E-state index in [1.54, 1.807) is 0 Å². The highest BCUT2D eigenvalue weighted by Gasteiger charge is 2.35. The summed E-state index contributed by atoms with van der Waals surface area (Å²) < 4.78 is 6.07. The van der Waals surface area contributed by atoms with E-state index in [0.717, 1.165) is 19.4 Å². The van der Waals surface area contributed by atoms with Gasteiger partial charge < -0.3 is 30.1 Å². The monoisotopic (exact) mass is 521 g/mol. The van der Waals surface area contributed by atoms with Gasteiger partial charge in [0.1, 0.15) is 12.4 Å². The minimum Gasteiger partial charge on any atom is -0.491 e. The zero-order chi connectivity index (χ0) is 27.7. The Morgan fingerprint density at radius 1 is 0.921 bits per heavy atom. The average molecular weight is 521 g/mol. The largest absolute Gasteiger partial charge is 0.491 e. The van der Waals surface area contributed by atoms with E-state index < -0.39 is 40.8 Å². The number of ether oxygens (including phenoxy) is 1. The van der Waals surface area contributed by atoms with Gasteiger partial charge in [-0.2, -0.15) is 0 Å². The Morgan fingerprint density at radius 2 is 1.55 bits per heavy atom. The van der Waals surface area contributed by atoms with Crippen LogP contribution in [0.4, 0.5) is 0 Å². The van der Waals surface area contributed by atoms with Gasteiger partial charge in [0.05, 0.1) is 16.7 Å². The van der Waals surface area contributed by atoms with E-state index in [2.05, 4.69) is 4.90 Å². The number of carboxylic acids is 4. The molecule has 0 aromatic heterocycles. The van der Waals surface area contributed by atoms with Gasteiger partial charge in [0, 0.05) is 29.3 Å². The van der Waals surface area contributed by atoms with Crippen LogP contribution in [0.25, 0.3) is 22.3 Å². The van der Waals surface area contributed by atoms with Gasteiger partial charge in [-0.3, -0.25) is 4.79 Å². The lowest BCUT2D eigenvalue weighted by atomic mass is 9.96. The van der Waals surface area contributed by atoms with E-state index in [9.17, 15) is 39.3 Å². The predicted molar refractivity (Wildman–Crippen MR) is 133 cm³/mol. The zero-order valence-corrected chi connectivity index (χ0v) is 20.1. The van der Waals surface area contributed by atoms with Gasteiger partial charge >= 0.3 is 23.9 Å². The molecule has 1 heterocycles. The van der Waals surface area contributed by atoms with Crippen molar-refractivity contribution in [2.45, 2.75) is 18.9 Å². The zero-order valence-electron chi connectivity index (χ0n) is 20.1. The first kappa shape index (κ1) is 26.3. The van der Waals surface area contributed by atoms with Crippen molar-refractivity contribution >= 4 is 40.8 Å². The summed E-state index contributed by atoms with van der Waals surface area (Å²) in [5.74, 6) is -6.65. The standard InChI is InChI=1S/C27H23NO10/c1-28-8-2-3-14(28)12-38-25-17(20(27(36)37)11-22(31)32)7-6-16-15-5-4-13(9-19(15)24(33)23(16)25)18(26(34)35)10-21(29)30/h4-7,9-11,14H,2-3,8,12H2,1H3,(H,29,30)(H,31,32)(H,34,35)(H,36,37)/b18-10-,20-11-/t14-/m1/s1. The van der Waals surface area contributed by atoms with Gasteiger partial charge in [-0.1, -0.05) is 18.2 Å². The molecule has 4 N–H and O–H groups in total. The van der Waals surface area contributed by atoms with E-state index in [1.807, 2.05) is 7.05 Å². The van der Waals surface area contributed by atoms with Crippen molar-refractivity contribution in [3.8, 4) is 16.9 Å². The van der Waals surface area contributed by atoms with Gasteiger partial charge in [0.25, 0.3) is 0 Å². The normalized spacial score (nSPS) is 17.2. The summed E-state index contributed by atoms with van der Waals surface area (Å²) in [5.41, 5.74) is -0.276. The second-order valence-corrected chi connectivity index (χ2v) is 8.94. The van der Waals surface area contributed by atoms with Gasteiger partial charge in [0.15, 0.2) is 5.78 Å². The Hall–Kier alpha value is -4.77. The molecule has 1 aliphatic heterocycles. The number of carbonyl (C=O) groups excluding carboxylic acids is 1. The SMILES string of the molecule is CN1CCC[C@@H]1COc1c(/C(=C/C(=O)O)C(=O)O)ccc2c1C(=O)c1cc(/C(=C/C(=O)O)C(=O)O)ccc1-2. The van der Waals surface area contributed by atoms with Crippen molar-refractivity contribution in [3.05, 3.63) is 64.7 Å². The molecule has 0 unspecified atom stereocenters. The van der Waals surface area contributed by atoms with E-state index in [4.69, 9.17) is 9.84 Å². The van der Waals surface area contributed by atoms with E-state index in [0.29, 0.717) is 23.3 Å². The summed E-state index contributed by atoms with van der Waals surface area (Å²) in [6.07, 6.45) is 2.81. The Kier molecular flexibility index (Phi) is 7.13. The van der Waals surface area contributed by atoms with Crippen molar-refractivity contribution in [2.75, 3.05) is 20.2 Å². The molecule has 2 aliphatic rings. The van der Waals surface area contributed by atoms with Crippen molar-refractivity contribution in [2.24, 2.45) is 0 Å². The topological polar surface area (TPSA) is 179 Å². The second-order valence-electron chi connectivity index (χ2n) is 8.94. The summed E-state index contributed by atoms with van der Waals surface area (Å²) in [5, 5.41) is 37.5. The number of likely N-dealkylation sites (tertiary alicyclic amines) is 1. The number of hydrogen-bond donors (Lipinski definition) is 4. The molecule has 2 aromatic carbocycles. The molecule has 11 heteroatoms. The summed E-state index contributed by atoms with van der Waals surface area (Å²) in [4.78, 5) is 61.8. The van der Waals surface area contributed by atoms with E-state index in [1.165, 1.54) is 30.3 Å². The van der Waals surface area contributed by atoms with Crippen LogP contribution in [0.5, 0.6) is 5.75 Å². The fraction of sp³-hybridized carbons (Fsp3) is 0.222. The van der Waals surface area contributed by atoms with Crippen molar-refractivity contribution in [1.82, 2.24) is 4.90 Å². The molecule has 4 rings (SSSR count). The summed E-state index contributed by atoms with van der Waals surface area (Å²) in [6, 6.07) is 6.97. The molecule has 0 radical (unpaired) electrons. The molecule has 1 aliphatic carbocycles. The van der Waals surface area contributed by atoms with Crippen LogP contribution in [0, 0.1) is 0 Å². The highest BCUT2D eigenvalue weighted by Crippen LogP contribution is 2.45. The maximum absolute atomic E-state index is 13.6. The first-order chi connectivity index (χ1) is 18.0. The number of carboxylic acid groups (broad SMARTS) is 4. The Morgan fingerprint density at radius 3 is 2.13 bits per heavy atom. The second kappa shape index (κ2) is 10.3. The van der Waals surface area contributed by atoms with Crippen LogP contribution in [0.2, 0.25) is 0 Å². The molecule has 0 saturated carbocycles. The van der Waals surface area contributed by atoms with Gasteiger partial charge in [-0.25, -0.2) is 19.2 Å². The molecule has 196 valence electrons. The predicted octanol–water partition coefficient (Wildman–Crippen LogP) is 2.48. The molecular weight excluding hydrogens is 498 g/mol. The number of rotatable bonds is 9. The smallest absolute Gasteiger partial charge is 0.336 e. The third-order valence-corrected chi connectivity index (χ3v) is 6.63.